The van der Waals surface area contributed by atoms with E-state index in [4.69, 9.17) is 0 Å². The van der Waals surface area contributed by atoms with Crippen LogP contribution in [0.2, 0.25) is 0 Å². The van der Waals surface area contributed by atoms with Crippen LogP contribution >= 0.6 is 0 Å². The van der Waals surface area contributed by atoms with Gasteiger partial charge in [0.25, 0.3) is 0 Å². The van der Waals surface area contributed by atoms with Crippen molar-refractivity contribution in [3.8, 4) is 0 Å². The van der Waals surface area contributed by atoms with Gasteiger partial charge in [0.05, 0.1) is 11.4 Å². The summed E-state index contributed by atoms with van der Waals surface area (Å²) in [5, 5.41) is 8.14. The molecule has 0 N–H and O–H groups in total. The van der Waals surface area contributed by atoms with E-state index in [0.717, 1.165) is 11.2 Å². The van der Waals surface area contributed by atoms with Crippen molar-refractivity contribution in [2.75, 3.05) is 0 Å². The summed E-state index contributed by atoms with van der Waals surface area (Å²) >= 11 is 0. The van der Waals surface area contributed by atoms with E-state index in [1.165, 1.54) is 11.9 Å². The first-order valence-electron chi connectivity index (χ1n) is 7.75. The van der Waals surface area contributed by atoms with Gasteiger partial charge in [0.15, 0.2) is 0 Å². The fourth-order valence-electron chi connectivity index (χ4n) is 1.82. The summed E-state index contributed by atoms with van der Waals surface area (Å²) in [6.45, 7) is 10.1. The fraction of sp³-hybridized carbons (Fsp3) is 0.625. The lowest BCUT2D eigenvalue weighted by molar-refractivity contribution is -0.142. The smallest absolute Gasteiger partial charge is 0.273 e. The van der Waals surface area contributed by atoms with Crippen LogP contribution in [0.15, 0.2) is 24.5 Å². The molecule has 0 atom stereocenters. The van der Waals surface area contributed by atoms with Crippen LogP contribution in [0.4, 0.5) is 13.2 Å². The molecule has 0 aromatic carbocycles. The van der Waals surface area contributed by atoms with E-state index in [-0.39, 0.29) is 5.92 Å². The summed E-state index contributed by atoms with van der Waals surface area (Å²) in [4.78, 5) is 0. The maximum absolute atomic E-state index is 11.9. The van der Waals surface area contributed by atoms with E-state index >= 15 is 0 Å². The Hall–Kier alpha value is -1.79. The number of nitrogens with zero attached hydrogens (tertiary/aromatic N) is 4. The predicted molar refractivity (Wildman–Crippen MR) is 84.4 cm³/mol. The van der Waals surface area contributed by atoms with Crippen molar-refractivity contribution < 1.29 is 13.2 Å². The zero-order valence-electron chi connectivity index (χ0n) is 14.3. The Balaban J connectivity index is 0.000000238. The molecule has 4 nitrogen and oxygen atoms in total. The molecule has 2 heterocycles. The summed E-state index contributed by atoms with van der Waals surface area (Å²) in [5.41, 5.74) is 1.87. The van der Waals surface area contributed by atoms with Gasteiger partial charge in [0.1, 0.15) is 6.54 Å². The molecular weight excluding hydrogens is 305 g/mol. The highest BCUT2D eigenvalue weighted by Crippen LogP contribution is 2.18. The van der Waals surface area contributed by atoms with Crippen LogP contribution in [0.25, 0.3) is 0 Å². The van der Waals surface area contributed by atoms with Gasteiger partial charge in [0.2, 0.25) is 0 Å². The molecule has 0 aliphatic carbocycles. The number of halogens is 3. The third-order valence-corrected chi connectivity index (χ3v) is 3.17. The minimum atomic E-state index is -4.19. The van der Waals surface area contributed by atoms with E-state index in [0.29, 0.717) is 11.6 Å². The Bertz CT molecular complexity index is 582. The minimum Gasteiger partial charge on any atom is -0.273 e. The minimum absolute atomic E-state index is 0.162. The molecule has 0 aliphatic heterocycles. The van der Waals surface area contributed by atoms with E-state index < -0.39 is 12.7 Å². The number of alkyl halides is 3. The van der Waals surface area contributed by atoms with Gasteiger partial charge in [-0.1, -0.05) is 27.7 Å². The molecule has 2 rings (SSSR count). The highest BCUT2D eigenvalue weighted by molar-refractivity contribution is 5.04. The van der Waals surface area contributed by atoms with Crippen LogP contribution in [0.3, 0.4) is 0 Å². The van der Waals surface area contributed by atoms with Crippen molar-refractivity contribution in [3.05, 3.63) is 35.9 Å². The summed E-state index contributed by atoms with van der Waals surface area (Å²) in [7, 11) is 0. The van der Waals surface area contributed by atoms with Crippen molar-refractivity contribution in [3.63, 3.8) is 0 Å². The number of rotatable bonds is 4. The van der Waals surface area contributed by atoms with Crippen LogP contribution in [-0.4, -0.2) is 25.7 Å². The summed E-state index contributed by atoms with van der Waals surface area (Å²) in [5.74, 6) is 0.710. The first kappa shape index (κ1) is 19.3. The van der Waals surface area contributed by atoms with Gasteiger partial charge in [-0.15, -0.1) is 0 Å². The maximum Gasteiger partial charge on any atom is 0.408 e. The first-order valence-corrected chi connectivity index (χ1v) is 7.75. The zero-order valence-corrected chi connectivity index (χ0v) is 14.3. The van der Waals surface area contributed by atoms with Gasteiger partial charge in [-0.2, -0.15) is 23.4 Å². The molecule has 0 unspecified atom stereocenters. The summed E-state index contributed by atoms with van der Waals surface area (Å²) in [6.07, 6.45) is -0.821. The lowest BCUT2D eigenvalue weighted by Crippen LogP contribution is -2.18. The Morgan fingerprint density at radius 3 is 1.65 bits per heavy atom. The van der Waals surface area contributed by atoms with Crippen LogP contribution in [0.5, 0.6) is 0 Å². The molecule has 2 aromatic heterocycles. The van der Waals surface area contributed by atoms with Crippen molar-refractivity contribution in [1.29, 1.82) is 0 Å². The molecular formula is C16H25F3N4. The van der Waals surface area contributed by atoms with E-state index in [9.17, 15) is 13.2 Å². The Kier molecular flexibility index (Phi) is 6.84. The molecule has 0 saturated carbocycles. The predicted octanol–water partition coefficient (Wildman–Crippen LogP) is 4.60. The third kappa shape index (κ3) is 6.88. The molecule has 2 aromatic rings. The molecule has 0 spiro atoms. The largest absolute Gasteiger partial charge is 0.408 e. The second kappa shape index (κ2) is 8.17. The average molecular weight is 330 g/mol. The molecule has 23 heavy (non-hydrogen) atoms. The summed E-state index contributed by atoms with van der Waals surface area (Å²) < 4.78 is 38.5. The lowest BCUT2D eigenvalue weighted by Gasteiger charge is -2.05. The molecule has 0 radical (unpaired) electrons. The topological polar surface area (TPSA) is 35.6 Å². The van der Waals surface area contributed by atoms with Gasteiger partial charge in [0, 0.05) is 18.9 Å². The SMILES string of the molecule is CC(C)c1ccn(CC(F)(F)F)n1.CCn1ccc(C(C)C)n1. The Morgan fingerprint density at radius 2 is 1.35 bits per heavy atom. The van der Waals surface area contributed by atoms with Gasteiger partial charge in [-0.25, -0.2) is 0 Å². The Morgan fingerprint density at radius 1 is 0.913 bits per heavy atom. The second-order valence-electron chi connectivity index (χ2n) is 5.96. The van der Waals surface area contributed by atoms with Crippen LogP contribution in [0.1, 0.15) is 57.8 Å². The average Bonchev–Trinajstić information content (AvgIpc) is 3.05. The number of hydrogen-bond acceptors (Lipinski definition) is 2. The normalized spacial score (nSPS) is 11.7. The summed E-state index contributed by atoms with van der Waals surface area (Å²) in [6, 6.07) is 3.69. The Labute approximate surface area is 135 Å². The van der Waals surface area contributed by atoms with E-state index in [1.807, 2.05) is 24.7 Å². The number of hydrogen-bond donors (Lipinski definition) is 0. The molecule has 0 saturated heterocycles. The molecule has 0 amide bonds. The van der Waals surface area contributed by atoms with Gasteiger partial charge >= 0.3 is 6.18 Å². The van der Waals surface area contributed by atoms with Gasteiger partial charge < -0.3 is 0 Å². The first-order chi connectivity index (χ1) is 10.6. The van der Waals surface area contributed by atoms with Gasteiger partial charge in [-0.05, 0) is 30.9 Å². The third-order valence-electron chi connectivity index (χ3n) is 3.17. The van der Waals surface area contributed by atoms with Gasteiger partial charge in [-0.3, -0.25) is 9.36 Å². The molecule has 7 heteroatoms. The molecule has 0 fully saturated rings. The fourth-order valence-corrected chi connectivity index (χ4v) is 1.82. The maximum atomic E-state index is 11.9. The molecule has 0 aliphatic rings. The lowest BCUT2D eigenvalue weighted by atomic mass is 10.1. The van der Waals surface area contributed by atoms with Crippen molar-refractivity contribution in [1.82, 2.24) is 19.6 Å². The highest BCUT2D eigenvalue weighted by Gasteiger charge is 2.28. The van der Waals surface area contributed by atoms with Crippen LogP contribution < -0.4 is 0 Å². The second-order valence-corrected chi connectivity index (χ2v) is 5.96. The molecule has 0 bridgehead atoms. The van der Waals surface area contributed by atoms with Crippen molar-refractivity contribution in [2.45, 2.75) is 65.7 Å². The molecule has 130 valence electrons. The van der Waals surface area contributed by atoms with Crippen molar-refractivity contribution >= 4 is 0 Å². The van der Waals surface area contributed by atoms with Crippen LogP contribution in [0, 0.1) is 0 Å². The quantitative estimate of drug-likeness (QED) is 0.821. The van der Waals surface area contributed by atoms with E-state index in [2.05, 4.69) is 37.0 Å². The standard InChI is InChI=1S/C8H11F3N2.C8H14N2/c1-6(2)7-3-4-13(12-7)5-8(9,10)11;1-4-10-6-5-8(9-10)7(2)3/h3-4,6H,5H2,1-2H3;5-7H,4H2,1-3H3. The number of aryl methyl sites for hydroxylation is 1. The van der Waals surface area contributed by atoms with Crippen molar-refractivity contribution in [2.24, 2.45) is 0 Å². The van der Waals surface area contributed by atoms with Crippen LogP contribution in [-0.2, 0) is 13.1 Å². The highest BCUT2D eigenvalue weighted by atomic mass is 19.4. The monoisotopic (exact) mass is 330 g/mol. The zero-order chi connectivity index (χ0) is 17.6. The number of aromatic nitrogens is 4. The van der Waals surface area contributed by atoms with E-state index in [1.54, 1.807) is 6.07 Å².